The molecular formula is C13H18N2O4. The van der Waals surface area contributed by atoms with Crippen LogP contribution >= 0.6 is 0 Å². The summed E-state index contributed by atoms with van der Waals surface area (Å²) in [5.41, 5.74) is 0.0885. The molecule has 0 radical (unpaired) electrons. The van der Waals surface area contributed by atoms with Gasteiger partial charge >= 0.3 is 5.97 Å². The SMILES string of the molecule is CCCC(CC)Nc1ccc(C(=O)O)cc1[N+](=O)[O-]. The standard InChI is InChI=1S/C13H18N2O4/c1-3-5-10(4-2)14-11-7-6-9(13(16)17)8-12(11)15(18)19/h6-8,10,14H,3-5H2,1-2H3,(H,16,17). The van der Waals surface area contributed by atoms with Crippen molar-refractivity contribution in [3.8, 4) is 0 Å². The van der Waals surface area contributed by atoms with Crippen LogP contribution in [0.25, 0.3) is 0 Å². The van der Waals surface area contributed by atoms with Crippen molar-refractivity contribution in [3.05, 3.63) is 33.9 Å². The topological polar surface area (TPSA) is 92.5 Å². The average molecular weight is 266 g/mol. The molecule has 1 atom stereocenters. The van der Waals surface area contributed by atoms with E-state index in [0.29, 0.717) is 5.69 Å². The molecule has 1 aromatic rings. The van der Waals surface area contributed by atoms with Crippen LogP contribution in [0.5, 0.6) is 0 Å². The maximum absolute atomic E-state index is 11.0. The van der Waals surface area contributed by atoms with Gasteiger partial charge in [0.1, 0.15) is 5.69 Å². The number of aromatic carboxylic acids is 1. The van der Waals surface area contributed by atoms with E-state index in [1.807, 2.05) is 13.8 Å². The minimum absolute atomic E-state index is 0.0826. The van der Waals surface area contributed by atoms with E-state index in [9.17, 15) is 14.9 Å². The van der Waals surface area contributed by atoms with Gasteiger partial charge in [-0.25, -0.2) is 4.79 Å². The van der Waals surface area contributed by atoms with Crippen molar-refractivity contribution in [1.29, 1.82) is 0 Å². The molecule has 1 unspecified atom stereocenters. The van der Waals surface area contributed by atoms with Gasteiger partial charge < -0.3 is 10.4 Å². The average Bonchev–Trinajstić information content (AvgIpc) is 2.37. The Balaban J connectivity index is 3.06. The molecule has 0 aliphatic carbocycles. The summed E-state index contributed by atoms with van der Waals surface area (Å²) >= 11 is 0. The van der Waals surface area contributed by atoms with Crippen LogP contribution in [0.1, 0.15) is 43.5 Å². The molecule has 1 aromatic carbocycles. The number of nitrogens with one attached hydrogen (secondary N) is 1. The van der Waals surface area contributed by atoms with Gasteiger partial charge in [0, 0.05) is 12.1 Å². The summed E-state index contributed by atoms with van der Waals surface area (Å²) < 4.78 is 0. The van der Waals surface area contributed by atoms with E-state index in [1.165, 1.54) is 12.1 Å². The molecule has 104 valence electrons. The maximum atomic E-state index is 11.0. The van der Waals surface area contributed by atoms with Gasteiger partial charge in [0.15, 0.2) is 0 Å². The molecule has 1 rings (SSSR count). The lowest BCUT2D eigenvalue weighted by Crippen LogP contribution is -2.19. The molecule has 6 nitrogen and oxygen atoms in total. The molecule has 0 saturated heterocycles. The van der Waals surface area contributed by atoms with Gasteiger partial charge in [0.05, 0.1) is 10.5 Å². The van der Waals surface area contributed by atoms with Crippen LogP contribution in [0.2, 0.25) is 0 Å². The van der Waals surface area contributed by atoms with E-state index in [2.05, 4.69) is 5.32 Å². The van der Waals surface area contributed by atoms with Crippen molar-refractivity contribution >= 4 is 17.3 Å². The highest BCUT2D eigenvalue weighted by atomic mass is 16.6. The third-order valence-corrected chi connectivity index (χ3v) is 2.93. The van der Waals surface area contributed by atoms with Gasteiger partial charge in [-0.05, 0) is 25.0 Å². The number of carboxylic acid groups (broad SMARTS) is 1. The maximum Gasteiger partial charge on any atom is 0.335 e. The Bertz CT molecular complexity index is 474. The summed E-state index contributed by atoms with van der Waals surface area (Å²) in [6, 6.07) is 4.07. The Morgan fingerprint density at radius 3 is 2.63 bits per heavy atom. The number of hydrogen-bond acceptors (Lipinski definition) is 4. The van der Waals surface area contributed by atoms with Gasteiger partial charge in [-0.2, -0.15) is 0 Å². The lowest BCUT2D eigenvalue weighted by Gasteiger charge is -2.17. The number of nitrogens with zero attached hydrogens (tertiary/aromatic N) is 1. The van der Waals surface area contributed by atoms with Crippen LogP contribution in [0.15, 0.2) is 18.2 Å². The number of anilines is 1. The fourth-order valence-corrected chi connectivity index (χ4v) is 1.88. The van der Waals surface area contributed by atoms with Gasteiger partial charge in [0.2, 0.25) is 0 Å². The number of nitro benzene ring substituents is 1. The molecule has 2 N–H and O–H groups in total. The molecule has 0 aliphatic rings. The highest BCUT2D eigenvalue weighted by Crippen LogP contribution is 2.27. The van der Waals surface area contributed by atoms with Crippen LogP contribution in [0, 0.1) is 10.1 Å². The first kappa shape index (κ1) is 14.9. The summed E-state index contributed by atoms with van der Waals surface area (Å²) in [4.78, 5) is 21.3. The summed E-state index contributed by atoms with van der Waals surface area (Å²) in [5, 5.41) is 23.0. The summed E-state index contributed by atoms with van der Waals surface area (Å²) in [5.74, 6) is -1.17. The number of benzene rings is 1. The van der Waals surface area contributed by atoms with E-state index in [0.717, 1.165) is 25.3 Å². The molecule has 0 bridgehead atoms. The number of hydrogen-bond donors (Lipinski definition) is 2. The van der Waals surface area contributed by atoms with Crippen molar-refractivity contribution < 1.29 is 14.8 Å². The third-order valence-electron chi connectivity index (χ3n) is 2.93. The number of nitro groups is 1. The highest BCUT2D eigenvalue weighted by Gasteiger charge is 2.18. The van der Waals surface area contributed by atoms with E-state index >= 15 is 0 Å². The van der Waals surface area contributed by atoms with Crippen LogP contribution < -0.4 is 5.32 Å². The van der Waals surface area contributed by atoms with E-state index in [1.54, 1.807) is 0 Å². The number of carboxylic acids is 1. The van der Waals surface area contributed by atoms with E-state index in [4.69, 9.17) is 5.11 Å². The zero-order chi connectivity index (χ0) is 14.4. The Morgan fingerprint density at radius 2 is 2.16 bits per heavy atom. The quantitative estimate of drug-likeness (QED) is 0.583. The summed E-state index contributed by atoms with van der Waals surface area (Å²) in [6.45, 7) is 4.05. The van der Waals surface area contributed by atoms with Gasteiger partial charge in [-0.3, -0.25) is 10.1 Å². The van der Waals surface area contributed by atoms with Crippen molar-refractivity contribution in [2.24, 2.45) is 0 Å². The Labute approximate surface area is 111 Å². The molecule has 0 heterocycles. The monoisotopic (exact) mass is 266 g/mol. The van der Waals surface area contributed by atoms with Gasteiger partial charge in [-0.15, -0.1) is 0 Å². The van der Waals surface area contributed by atoms with Crippen molar-refractivity contribution in [1.82, 2.24) is 0 Å². The second kappa shape index (κ2) is 6.72. The Hall–Kier alpha value is -2.11. The van der Waals surface area contributed by atoms with Crippen molar-refractivity contribution in [3.63, 3.8) is 0 Å². The molecule has 19 heavy (non-hydrogen) atoms. The molecule has 0 fully saturated rings. The molecule has 0 spiro atoms. The molecule has 6 heteroatoms. The number of carbonyl (C=O) groups is 1. The van der Waals surface area contributed by atoms with Crippen molar-refractivity contribution in [2.45, 2.75) is 39.2 Å². The minimum atomic E-state index is -1.17. The first-order chi connectivity index (χ1) is 8.99. The molecule has 0 aromatic heterocycles. The second-order valence-electron chi connectivity index (χ2n) is 4.33. The third kappa shape index (κ3) is 3.94. The summed E-state index contributed by atoms with van der Waals surface area (Å²) in [6.07, 6.45) is 2.74. The van der Waals surface area contributed by atoms with Crippen LogP contribution in [-0.2, 0) is 0 Å². The normalized spacial score (nSPS) is 11.9. The first-order valence-electron chi connectivity index (χ1n) is 6.27. The van der Waals surface area contributed by atoms with Crippen LogP contribution in [0.4, 0.5) is 11.4 Å². The Kier molecular flexibility index (Phi) is 5.29. The van der Waals surface area contributed by atoms with Gasteiger partial charge in [-0.1, -0.05) is 20.3 Å². The number of rotatable bonds is 7. The predicted molar refractivity (Wildman–Crippen MR) is 72.7 cm³/mol. The molecular weight excluding hydrogens is 248 g/mol. The van der Waals surface area contributed by atoms with E-state index in [-0.39, 0.29) is 17.3 Å². The fourth-order valence-electron chi connectivity index (χ4n) is 1.88. The Morgan fingerprint density at radius 1 is 1.47 bits per heavy atom. The van der Waals surface area contributed by atoms with Crippen molar-refractivity contribution in [2.75, 3.05) is 5.32 Å². The molecule has 0 saturated carbocycles. The molecule has 0 amide bonds. The zero-order valence-electron chi connectivity index (χ0n) is 11.0. The minimum Gasteiger partial charge on any atom is -0.478 e. The lowest BCUT2D eigenvalue weighted by atomic mass is 10.1. The molecule has 0 aliphatic heterocycles. The highest BCUT2D eigenvalue weighted by molar-refractivity contribution is 5.89. The van der Waals surface area contributed by atoms with Gasteiger partial charge in [0.25, 0.3) is 5.69 Å². The lowest BCUT2D eigenvalue weighted by molar-refractivity contribution is -0.384. The predicted octanol–water partition coefficient (Wildman–Crippen LogP) is 3.28. The fraction of sp³-hybridized carbons (Fsp3) is 0.462. The summed E-state index contributed by atoms with van der Waals surface area (Å²) in [7, 11) is 0. The smallest absolute Gasteiger partial charge is 0.335 e. The second-order valence-corrected chi connectivity index (χ2v) is 4.33. The first-order valence-corrected chi connectivity index (χ1v) is 6.27. The van der Waals surface area contributed by atoms with Crippen LogP contribution in [-0.4, -0.2) is 22.0 Å². The largest absolute Gasteiger partial charge is 0.478 e. The zero-order valence-corrected chi connectivity index (χ0v) is 11.0. The van der Waals surface area contributed by atoms with E-state index < -0.39 is 10.9 Å². The van der Waals surface area contributed by atoms with Crippen LogP contribution in [0.3, 0.4) is 0 Å².